The Morgan fingerprint density at radius 3 is 0.957 bits per heavy atom. The highest BCUT2D eigenvalue weighted by Gasteiger charge is 2.33. The molecule has 0 bridgehead atoms. The van der Waals surface area contributed by atoms with Crippen LogP contribution < -0.4 is 9.47 Å². The molecule has 8 heteroatoms. The highest BCUT2D eigenvalue weighted by molar-refractivity contribution is 5.84. The molecule has 92 heavy (non-hydrogen) atoms. The predicted octanol–water partition coefficient (Wildman–Crippen LogP) is 22.8. The molecule has 6 saturated carbocycles. The fraction of sp³-hybridized carbons (Fsp3) is 0.571. The first kappa shape index (κ1) is 73.1. The molecule has 6 aliphatic rings. The van der Waals surface area contributed by atoms with Crippen molar-refractivity contribution >= 4 is 23.9 Å². The van der Waals surface area contributed by atoms with Crippen molar-refractivity contribution in [1.82, 2.24) is 0 Å². The lowest BCUT2D eigenvalue weighted by Crippen LogP contribution is -2.29. The summed E-state index contributed by atoms with van der Waals surface area (Å²) in [5, 5.41) is 0. The van der Waals surface area contributed by atoms with Gasteiger partial charge in [0.2, 0.25) is 0 Å². The lowest BCUT2D eigenvalue weighted by atomic mass is 9.70. The van der Waals surface area contributed by atoms with Gasteiger partial charge < -0.3 is 18.9 Å². The summed E-state index contributed by atoms with van der Waals surface area (Å²) in [4.78, 5) is 44.9. The Balaban J connectivity index is 0.000000177. The van der Waals surface area contributed by atoms with Gasteiger partial charge in [0.05, 0.1) is 0 Å². The lowest BCUT2D eigenvalue weighted by Gasteiger charge is -2.37. The average Bonchev–Trinajstić information content (AvgIpc) is 1.05. The first-order chi connectivity index (χ1) is 44.8. The number of hydrogen-bond acceptors (Lipinski definition) is 8. The Hall–Kier alpha value is -6.28. The summed E-state index contributed by atoms with van der Waals surface area (Å²) in [7, 11) is 0. The first-order valence-corrected chi connectivity index (χ1v) is 36.6. The fourth-order valence-corrected chi connectivity index (χ4v) is 16.2. The van der Waals surface area contributed by atoms with Crippen LogP contribution in [0.15, 0.2) is 148 Å². The summed E-state index contributed by atoms with van der Waals surface area (Å²) in [6.07, 6.45) is 47.7. The van der Waals surface area contributed by atoms with Crippen LogP contribution in [0.25, 0.3) is 22.3 Å². The summed E-state index contributed by atoms with van der Waals surface area (Å²) >= 11 is 0. The lowest BCUT2D eigenvalue weighted by molar-refractivity contribution is -0.146. The average molecular weight is 1250 g/mol. The summed E-state index contributed by atoms with van der Waals surface area (Å²) in [6, 6.07) is 33.2. The fourth-order valence-electron chi connectivity index (χ4n) is 16.2. The van der Waals surface area contributed by atoms with Crippen LogP contribution >= 0.6 is 0 Å². The van der Waals surface area contributed by atoms with Gasteiger partial charge in [-0.2, -0.15) is 0 Å². The monoisotopic (exact) mass is 1250 g/mol. The molecule has 500 valence electrons. The van der Waals surface area contributed by atoms with Gasteiger partial charge in [0, 0.05) is 24.3 Å². The molecule has 8 nitrogen and oxygen atoms in total. The standard InChI is InChI=1S/C26H32O2.C24H28O2.C18H30O2.C16H26O2/c1-3-5-6-7-20-8-10-21(11-9-20)22-12-14-23(15-13-22)24-16-18-25(19-17-24)28-26(27)4-2;1-3-5-18-6-8-19(9-7-18)20-10-12-21(13-11-20)22-14-16-23(17-15-22)26-24(25)4-2;1-3-5-14-6-8-15(9-7-14)16-10-12-17(13-11-16)20-18(19)4-2;1-3-16(17)18-15-10-8-14(9-11-15)13-6-4-12(2)5-7-13/h4,12-21H,2-3,5-11H2,1H3;4,10-19H,2-3,5-9H2,1H3;4,14-17H,2-3,5-13H2,1H3;3,12-15H,1,4-11H2,2H3. The van der Waals surface area contributed by atoms with E-state index in [-0.39, 0.29) is 24.1 Å². The van der Waals surface area contributed by atoms with E-state index in [4.69, 9.17) is 18.9 Å². The quantitative estimate of drug-likeness (QED) is 0.0332. The third kappa shape index (κ3) is 24.6. The van der Waals surface area contributed by atoms with E-state index >= 15 is 0 Å². The summed E-state index contributed by atoms with van der Waals surface area (Å²) < 4.78 is 21.0. The van der Waals surface area contributed by atoms with Crippen molar-refractivity contribution in [1.29, 1.82) is 0 Å². The minimum absolute atomic E-state index is 0.146. The number of rotatable bonds is 22. The van der Waals surface area contributed by atoms with Crippen LogP contribution in [-0.4, -0.2) is 36.1 Å². The molecule has 0 aromatic heterocycles. The van der Waals surface area contributed by atoms with Gasteiger partial charge in [-0.3, -0.25) is 0 Å². The number of carbonyl (C=O) groups excluding carboxylic acids is 4. The minimum atomic E-state index is -0.434. The maximum Gasteiger partial charge on any atom is 0.335 e. The molecule has 4 aromatic rings. The molecule has 0 N–H and O–H groups in total. The van der Waals surface area contributed by atoms with E-state index in [1.165, 1.54) is 226 Å². The van der Waals surface area contributed by atoms with Gasteiger partial charge >= 0.3 is 23.9 Å². The molecular weight excluding hydrogens is 1140 g/mol. The van der Waals surface area contributed by atoms with Gasteiger partial charge in [-0.15, -0.1) is 0 Å². The highest BCUT2D eigenvalue weighted by Crippen LogP contribution is 2.44. The molecular formula is C84H116O8. The van der Waals surface area contributed by atoms with Crippen molar-refractivity contribution in [3.05, 3.63) is 159 Å². The second kappa shape index (κ2) is 40.1. The van der Waals surface area contributed by atoms with E-state index < -0.39 is 11.9 Å². The van der Waals surface area contributed by atoms with Crippen molar-refractivity contribution in [2.24, 2.45) is 47.3 Å². The maximum atomic E-state index is 11.3. The maximum absolute atomic E-state index is 11.3. The Morgan fingerprint density at radius 2 is 0.641 bits per heavy atom. The largest absolute Gasteiger partial charge is 0.459 e. The number of hydrogen-bond donors (Lipinski definition) is 0. The molecule has 10 rings (SSSR count). The minimum Gasteiger partial charge on any atom is -0.459 e. The molecule has 0 saturated heterocycles. The molecule has 6 aliphatic carbocycles. The zero-order chi connectivity index (χ0) is 65.5. The second-order valence-electron chi connectivity index (χ2n) is 28.2. The van der Waals surface area contributed by atoms with Crippen LogP contribution in [0.5, 0.6) is 11.5 Å². The second-order valence-corrected chi connectivity index (χ2v) is 28.2. The zero-order valence-corrected chi connectivity index (χ0v) is 57.2. The van der Waals surface area contributed by atoms with Gasteiger partial charge in [0.15, 0.2) is 0 Å². The summed E-state index contributed by atoms with van der Waals surface area (Å²) in [5.74, 6) is 8.64. The van der Waals surface area contributed by atoms with Gasteiger partial charge in [-0.1, -0.05) is 204 Å². The van der Waals surface area contributed by atoms with Crippen molar-refractivity contribution in [2.45, 2.75) is 257 Å². The number of benzene rings is 4. The van der Waals surface area contributed by atoms with Gasteiger partial charge in [-0.05, 0) is 245 Å². The van der Waals surface area contributed by atoms with E-state index in [0.717, 1.165) is 96.0 Å². The van der Waals surface area contributed by atoms with Crippen LogP contribution in [0.1, 0.15) is 256 Å². The number of carbonyl (C=O) groups is 4. The zero-order valence-electron chi connectivity index (χ0n) is 57.2. The van der Waals surface area contributed by atoms with Crippen molar-refractivity contribution in [2.75, 3.05) is 0 Å². The normalized spacial score (nSPS) is 26.1. The molecule has 0 heterocycles. The van der Waals surface area contributed by atoms with Crippen LogP contribution in [0, 0.1) is 47.3 Å². The number of esters is 4. The molecule has 0 spiro atoms. The van der Waals surface area contributed by atoms with Gasteiger partial charge in [0.25, 0.3) is 0 Å². The van der Waals surface area contributed by atoms with Crippen molar-refractivity contribution < 1.29 is 38.1 Å². The van der Waals surface area contributed by atoms with E-state index in [2.05, 4.69) is 103 Å². The van der Waals surface area contributed by atoms with Crippen LogP contribution in [0.3, 0.4) is 0 Å². The Kier molecular flexibility index (Phi) is 31.9. The molecule has 0 amide bonds. The Morgan fingerprint density at radius 1 is 0.348 bits per heavy atom. The number of ether oxygens (including phenoxy) is 4. The predicted molar refractivity (Wildman–Crippen MR) is 379 cm³/mol. The summed E-state index contributed by atoms with van der Waals surface area (Å²) in [5.41, 5.74) is 7.59. The molecule has 0 unspecified atom stereocenters. The summed E-state index contributed by atoms with van der Waals surface area (Å²) in [6.45, 7) is 23.0. The third-order valence-corrected chi connectivity index (χ3v) is 21.8. The van der Waals surface area contributed by atoms with Crippen LogP contribution in [0.4, 0.5) is 0 Å². The Labute approximate surface area is 556 Å². The third-order valence-electron chi connectivity index (χ3n) is 21.8. The van der Waals surface area contributed by atoms with E-state index in [1.54, 1.807) is 0 Å². The molecule has 0 atom stereocenters. The molecule has 0 radical (unpaired) electrons. The van der Waals surface area contributed by atoms with Gasteiger partial charge in [0.1, 0.15) is 23.7 Å². The molecule has 4 aromatic carbocycles. The van der Waals surface area contributed by atoms with E-state index in [9.17, 15) is 19.2 Å². The van der Waals surface area contributed by atoms with Crippen LogP contribution in [0.2, 0.25) is 0 Å². The van der Waals surface area contributed by atoms with Crippen molar-refractivity contribution in [3.63, 3.8) is 0 Å². The highest BCUT2D eigenvalue weighted by atomic mass is 16.6. The van der Waals surface area contributed by atoms with Crippen molar-refractivity contribution in [3.8, 4) is 33.8 Å². The molecule has 0 aliphatic heterocycles. The SMILES string of the molecule is C=CC(=O)OC1CCC(C2CCC(C)CC2)CC1.C=CC(=O)OC1CCC(C2CCC(CCC)CC2)CC1.C=CC(=O)Oc1ccc(-c2ccc(C3CCC(CCC)CC3)cc2)cc1.C=CC(=O)Oc1ccc(-c2ccc(C3CCC(CCCCC)CC3)cc2)cc1. The van der Waals surface area contributed by atoms with Crippen LogP contribution in [-0.2, 0) is 28.7 Å². The topological polar surface area (TPSA) is 105 Å². The van der Waals surface area contributed by atoms with E-state index in [0.29, 0.717) is 11.5 Å². The molecule has 6 fully saturated rings. The van der Waals surface area contributed by atoms with E-state index in [1.807, 2.05) is 48.5 Å². The van der Waals surface area contributed by atoms with Gasteiger partial charge in [-0.25, -0.2) is 19.2 Å². The first-order valence-electron chi connectivity index (χ1n) is 36.6. The smallest absolute Gasteiger partial charge is 0.335 e. The Bertz CT molecular complexity index is 2800. The number of unbranched alkanes of at least 4 members (excludes halogenated alkanes) is 2.